The van der Waals surface area contributed by atoms with Crippen molar-refractivity contribution in [3.8, 4) is 17.6 Å². The third kappa shape index (κ3) is 4.64. The van der Waals surface area contributed by atoms with Gasteiger partial charge in [0.25, 0.3) is 0 Å². The fraction of sp³-hybridized carbons (Fsp3) is 0.200. The van der Waals surface area contributed by atoms with Crippen LogP contribution < -0.4 is 4.74 Å². The Morgan fingerprint density at radius 1 is 1.07 bits per heavy atom. The number of aliphatic carboxylic acids is 1. The summed E-state index contributed by atoms with van der Waals surface area (Å²) in [5.74, 6) is -0.102. The third-order valence-corrected chi connectivity index (χ3v) is 5.55. The monoisotopic (exact) mass is 419 g/mol. The van der Waals surface area contributed by atoms with Gasteiger partial charge in [-0.25, -0.2) is 0 Å². The summed E-state index contributed by atoms with van der Waals surface area (Å²) in [5.41, 5.74) is -0.179. The summed E-state index contributed by atoms with van der Waals surface area (Å²) < 4.78 is 5.87. The maximum absolute atomic E-state index is 12.2. The zero-order valence-corrected chi connectivity index (χ0v) is 17.3. The van der Waals surface area contributed by atoms with Crippen molar-refractivity contribution in [2.45, 2.75) is 25.2 Å². The van der Waals surface area contributed by atoms with Crippen LogP contribution in [0.25, 0.3) is 0 Å². The predicted octanol–water partition coefficient (Wildman–Crippen LogP) is 6.25. The van der Waals surface area contributed by atoms with Gasteiger partial charge in [-0.05, 0) is 66.3 Å². The summed E-state index contributed by atoms with van der Waals surface area (Å²) >= 11 is 5.94. The van der Waals surface area contributed by atoms with E-state index in [0.717, 1.165) is 11.3 Å². The molecule has 0 aliphatic carbocycles. The molecule has 3 aromatic rings. The zero-order valence-electron chi connectivity index (χ0n) is 16.6. The topological polar surface area (TPSA) is 70.3 Å². The van der Waals surface area contributed by atoms with E-state index in [2.05, 4.69) is 6.07 Å². The van der Waals surface area contributed by atoms with Gasteiger partial charge in [0.15, 0.2) is 5.41 Å². The second-order valence-corrected chi connectivity index (χ2v) is 7.67. The third-order valence-electron chi connectivity index (χ3n) is 5.30. The number of nitriles is 1. The van der Waals surface area contributed by atoms with Gasteiger partial charge >= 0.3 is 5.97 Å². The number of carboxylic acid groups (broad SMARTS) is 1. The highest BCUT2D eigenvalue weighted by Crippen LogP contribution is 2.36. The largest absolute Gasteiger partial charge is 0.480 e. The lowest BCUT2D eigenvalue weighted by molar-refractivity contribution is -0.143. The van der Waals surface area contributed by atoms with E-state index in [4.69, 9.17) is 16.3 Å². The van der Waals surface area contributed by atoms with Crippen molar-refractivity contribution in [3.05, 3.63) is 95.0 Å². The SMILES string of the molecule is CC(CCc1cccc(Oc2ccccc2)c1)C(C#N)(C(=O)O)c1ccc(Cl)cc1. The fourth-order valence-electron chi connectivity index (χ4n) is 3.54. The Bertz CT molecular complexity index is 1040. The minimum Gasteiger partial charge on any atom is -0.480 e. The van der Waals surface area contributed by atoms with Crippen LogP contribution in [0.15, 0.2) is 78.9 Å². The number of benzene rings is 3. The molecule has 0 saturated heterocycles. The molecule has 3 rings (SSSR count). The molecule has 1 N–H and O–H groups in total. The molecule has 0 bridgehead atoms. The molecule has 30 heavy (non-hydrogen) atoms. The number of ether oxygens (including phenoxy) is 1. The summed E-state index contributed by atoms with van der Waals surface area (Å²) in [6.45, 7) is 1.80. The first kappa shape index (κ1) is 21.4. The molecule has 0 fully saturated rings. The van der Waals surface area contributed by atoms with Crippen LogP contribution >= 0.6 is 11.6 Å². The van der Waals surface area contributed by atoms with Crippen molar-refractivity contribution in [1.29, 1.82) is 5.26 Å². The van der Waals surface area contributed by atoms with Crippen LogP contribution in [-0.4, -0.2) is 11.1 Å². The van der Waals surface area contributed by atoms with Gasteiger partial charge in [0, 0.05) is 5.02 Å². The Morgan fingerprint density at radius 2 is 1.73 bits per heavy atom. The van der Waals surface area contributed by atoms with Gasteiger partial charge in [0.2, 0.25) is 0 Å². The van der Waals surface area contributed by atoms with E-state index in [-0.39, 0.29) is 0 Å². The van der Waals surface area contributed by atoms with E-state index in [0.29, 0.717) is 29.2 Å². The van der Waals surface area contributed by atoms with E-state index in [9.17, 15) is 15.2 Å². The van der Waals surface area contributed by atoms with E-state index < -0.39 is 17.3 Å². The average molecular weight is 420 g/mol. The van der Waals surface area contributed by atoms with Gasteiger partial charge < -0.3 is 9.84 Å². The number of rotatable bonds is 8. The Labute approximate surface area is 181 Å². The molecule has 4 nitrogen and oxygen atoms in total. The molecule has 0 spiro atoms. The van der Waals surface area contributed by atoms with Gasteiger partial charge in [-0.1, -0.05) is 61.0 Å². The maximum atomic E-state index is 12.2. The van der Waals surface area contributed by atoms with Gasteiger partial charge in [-0.2, -0.15) is 5.26 Å². The van der Waals surface area contributed by atoms with Crippen molar-refractivity contribution in [2.75, 3.05) is 0 Å². The summed E-state index contributed by atoms with van der Waals surface area (Å²) in [6, 6.07) is 25.7. The van der Waals surface area contributed by atoms with Crippen molar-refractivity contribution >= 4 is 17.6 Å². The summed E-state index contributed by atoms with van der Waals surface area (Å²) in [5, 5.41) is 20.3. The number of carboxylic acids is 1. The number of aryl methyl sites for hydroxylation is 1. The molecule has 5 heteroatoms. The molecule has 0 aliphatic rings. The molecule has 0 heterocycles. The highest BCUT2D eigenvalue weighted by molar-refractivity contribution is 6.30. The van der Waals surface area contributed by atoms with Crippen LogP contribution in [0, 0.1) is 17.2 Å². The lowest BCUT2D eigenvalue weighted by Crippen LogP contribution is -2.41. The van der Waals surface area contributed by atoms with Crippen LogP contribution in [-0.2, 0) is 16.6 Å². The van der Waals surface area contributed by atoms with Gasteiger partial charge in [-0.15, -0.1) is 0 Å². The molecule has 152 valence electrons. The highest BCUT2D eigenvalue weighted by atomic mass is 35.5. The number of carbonyl (C=O) groups is 1. The number of nitrogens with zero attached hydrogens (tertiary/aromatic N) is 1. The lowest BCUT2D eigenvalue weighted by atomic mass is 9.70. The summed E-state index contributed by atoms with van der Waals surface area (Å²) in [6.07, 6.45) is 1.15. The number of hydrogen-bond donors (Lipinski definition) is 1. The van der Waals surface area contributed by atoms with Gasteiger partial charge in [0.1, 0.15) is 11.5 Å². The Balaban J connectivity index is 1.76. The van der Waals surface area contributed by atoms with Crippen molar-refractivity contribution in [2.24, 2.45) is 5.92 Å². The Morgan fingerprint density at radius 3 is 2.37 bits per heavy atom. The van der Waals surface area contributed by atoms with Crippen LogP contribution in [0.1, 0.15) is 24.5 Å². The molecule has 2 atom stereocenters. The molecule has 0 radical (unpaired) electrons. The quantitative estimate of drug-likeness (QED) is 0.468. The smallest absolute Gasteiger partial charge is 0.328 e. The van der Waals surface area contributed by atoms with Crippen molar-refractivity contribution in [1.82, 2.24) is 0 Å². The second-order valence-electron chi connectivity index (χ2n) is 7.23. The minimum atomic E-state index is -1.64. The Kier molecular flexibility index (Phi) is 6.76. The first-order valence-corrected chi connectivity index (χ1v) is 10.1. The lowest BCUT2D eigenvalue weighted by Gasteiger charge is -2.29. The second kappa shape index (κ2) is 9.47. The first-order valence-electron chi connectivity index (χ1n) is 9.68. The van der Waals surface area contributed by atoms with E-state index >= 15 is 0 Å². The van der Waals surface area contributed by atoms with Crippen LogP contribution in [0.5, 0.6) is 11.5 Å². The van der Waals surface area contributed by atoms with Crippen molar-refractivity contribution in [3.63, 3.8) is 0 Å². The highest BCUT2D eigenvalue weighted by Gasteiger charge is 2.45. The van der Waals surface area contributed by atoms with E-state index in [1.165, 1.54) is 0 Å². The number of hydrogen-bond acceptors (Lipinski definition) is 3. The molecular weight excluding hydrogens is 398 g/mol. The maximum Gasteiger partial charge on any atom is 0.328 e. The van der Waals surface area contributed by atoms with E-state index in [1.807, 2.05) is 54.6 Å². The zero-order chi connectivity index (χ0) is 21.6. The molecule has 2 unspecified atom stereocenters. The molecule has 0 aliphatic heterocycles. The Hall–Kier alpha value is -3.29. The molecule has 0 saturated carbocycles. The average Bonchev–Trinajstić information content (AvgIpc) is 2.75. The van der Waals surface area contributed by atoms with Crippen LogP contribution in [0.4, 0.5) is 0 Å². The molecule has 0 amide bonds. The summed E-state index contributed by atoms with van der Waals surface area (Å²) in [4.78, 5) is 12.2. The fourth-order valence-corrected chi connectivity index (χ4v) is 3.67. The van der Waals surface area contributed by atoms with Gasteiger partial charge in [-0.3, -0.25) is 4.79 Å². The molecule has 0 aromatic heterocycles. The summed E-state index contributed by atoms with van der Waals surface area (Å²) in [7, 11) is 0. The van der Waals surface area contributed by atoms with E-state index in [1.54, 1.807) is 31.2 Å². The van der Waals surface area contributed by atoms with Gasteiger partial charge in [0.05, 0.1) is 6.07 Å². The van der Waals surface area contributed by atoms with Crippen LogP contribution in [0.3, 0.4) is 0 Å². The first-order chi connectivity index (χ1) is 14.5. The normalized spacial score (nSPS) is 13.6. The number of para-hydroxylation sites is 1. The standard InChI is InChI=1S/C25H22ClNO3/c1-18(25(17-27,24(28)29)20-12-14-21(26)15-13-20)10-11-19-6-5-9-23(16-19)30-22-7-3-2-4-8-22/h2-9,12-16,18H,10-11H2,1H3,(H,28,29). The minimum absolute atomic E-state index is 0.417. The van der Waals surface area contributed by atoms with Crippen LogP contribution in [0.2, 0.25) is 5.02 Å². The number of halogens is 1. The molecule has 3 aromatic carbocycles. The molecular formula is C25H22ClNO3. The predicted molar refractivity (Wildman–Crippen MR) is 117 cm³/mol. The van der Waals surface area contributed by atoms with Crippen molar-refractivity contribution < 1.29 is 14.6 Å².